The lowest BCUT2D eigenvalue weighted by Gasteiger charge is -2.31. The molecule has 1 nitrogen and oxygen atoms in total. The smallest absolute Gasteiger partial charge is 0.0543 e. The Bertz CT molecular complexity index is 2890. The van der Waals surface area contributed by atoms with Crippen LogP contribution in [-0.2, 0) is 5.41 Å². The highest BCUT2D eigenvalue weighted by atomic mass is 15.1. The first-order chi connectivity index (χ1) is 28.6. The summed E-state index contributed by atoms with van der Waals surface area (Å²) in [4.78, 5) is 2.49. The van der Waals surface area contributed by atoms with E-state index in [1.807, 2.05) is 0 Å². The number of fused-ring (bicyclic) bond motifs is 3. The van der Waals surface area contributed by atoms with Gasteiger partial charge in [-0.15, -0.1) is 0 Å². The van der Waals surface area contributed by atoms with Gasteiger partial charge in [0.1, 0.15) is 0 Å². The van der Waals surface area contributed by atoms with Gasteiger partial charge in [-0.3, -0.25) is 0 Å². The number of hydrogen-bond donors (Lipinski definition) is 0. The van der Waals surface area contributed by atoms with Gasteiger partial charge < -0.3 is 4.90 Å². The van der Waals surface area contributed by atoms with Gasteiger partial charge in [0.15, 0.2) is 0 Å². The summed E-state index contributed by atoms with van der Waals surface area (Å²) in [6.07, 6.45) is 0. The summed E-state index contributed by atoms with van der Waals surface area (Å²) in [6, 6.07) is 81.8. The van der Waals surface area contributed by atoms with Crippen LogP contribution in [0.1, 0.15) is 25.0 Å². The van der Waals surface area contributed by atoms with Crippen LogP contribution in [0.5, 0.6) is 0 Å². The average molecular weight is 742 g/mol. The van der Waals surface area contributed by atoms with Crippen molar-refractivity contribution >= 4 is 17.1 Å². The van der Waals surface area contributed by atoms with Gasteiger partial charge in [0.2, 0.25) is 0 Å². The molecule has 0 N–H and O–H groups in total. The summed E-state index contributed by atoms with van der Waals surface area (Å²) in [5.41, 5.74) is 20.6. The monoisotopic (exact) mass is 741 g/mol. The van der Waals surface area contributed by atoms with Crippen molar-refractivity contribution in [3.05, 3.63) is 236 Å². The fraction of sp³-hybridized carbons (Fsp3) is 0.0526. The molecule has 1 aliphatic carbocycles. The van der Waals surface area contributed by atoms with Crippen LogP contribution in [0.3, 0.4) is 0 Å². The van der Waals surface area contributed by atoms with E-state index in [-0.39, 0.29) is 5.41 Å². The van der Waals surface area contributed by atoms with Crippen molar-refractivity contribution in [3.8, 4) is 66.8 Å². The molecule has 0 bridgehead atoms. The molecule has 0 saturated carbocycles. The Morgan fingerprint density at radius 2 is 0.672 bits per heavy atom. The molecule has 0 amide bonds. The molecule has 0 radical (unpaired) electrons. The van der Waals surface area contributed by atoms with E-state index in [9.17, 15) is 0 Å². The lowest BCUT2D eigenvalue weighted by molar-refractivity contribution is 0.660. The summed E-state index contributed by atoms with van der Waals surface area (Å²) < 4.78 is 0. The van der Waals surface area contributed by atoms with E-state index in [0.717, 1.165) is 11.4 Å². The molecule has 10 rings (SSSR count). The number of benzene rings is 9. The number of hydrogen-bond acceptors (Lipinski definition) is 1. The van der Waals surface area contributed by atoms with Crippen molar-refractivity contribution in [1.29, 1.82) is 0 Å². The van der Waals surface area contributed by atoms with Crippen molar-refractivity contribution in [2.75, 3.05) is 4.90 Å². The Morgan fingerprint density at radius 1 is 0.276 bits per heavy atom. The highest BCUT2D eigenvalue weighted by molar-refractivity contribution is 6.00. The van der Waals surface area contributed by atoms with Crippen LogP contribution in [0.25, 0.3) is 66.8 Å². The summed E-state index contributed by atoms with van der Waals surface area (Å²) in [7, 11) is 0. The maximum atomic E-state index is 2.49. The third-order valence-corrected chi connectivity index (χ3v) is 11.9. The largest absolute Gasteiger partial charge is 0.309 e. The van der Waals surface area contributed by atoms with Crippen molar-refractivity contribution in [1.82, 2.24) is 0 Å². The van der Waals surface area contributed by atoms with Gasteiger partial charge in [0, 0.05) is 22.2 Å². The molecule has 9 aromatic rings. The highest BCUT2D eigenvalue weighted by Gasteiger charge is 2.38. The molecule has 1 heteroatoms. The first-order valence-corrected chi connectivity index (χ1v) is 20.2. The zero-order valence-electron chi connectivity index (χ0n) is 32.8. The lowest BCUT2D eigenvalue weighted by Crippen LogP contribution is -2.16. The van der Waals surface area contributed by atoms with Gasteiger partial charge in [-0.25, -0.2) is 0 Å². The summed E-state index contributed by atoms with van der Waals surface area (Å²) in [6.45, 7) is 4.72. The van der Waals surface area contributed by atoms with Gasteiger partial charge in [0.25, 0.3) is 0 Å². The maximum absolute atomic E-state index is 2.49. The Labute approximate surface area is 342 Å². The maximum Gasteiger partial charge on any atom is 0.0543 e. The first-order valence-electron chi connectivity index (χ1n) is 20.2. The molecule has 0 saturated heterocycles. The molecule has 0 atom stereocenters. The second-order valence-electron chi connectivity index (χ2n) is 15.7. The van der Waals surface area contributed by atoms with Gasteiger partial charge >= 0.3 is 0 Å². The van der Waals surface area contributed by atoms with E-state index in [2.05, 4.69) is 243 Å². The Balaban J connectivity index is 1.15. The molecule has 0 heterocycles. The minimum Gasteiger partial charge on any atom is -0.309 e. The molecule has 0 aromatic heterocycles. The molecule has 0 spiro atoms. The minimum atomic E-state index is -0.128. The standard InChI is InChI=1S/C57H43N/c1-57(2)52-28-15-13-27-51(52)56-53(57)29-17-31-55(56)58(45-38-36-43(37-39-45)42-34-32-41(33-35-42)40-18-5-3-6-19-40)54-30-16-14-26-50(54)49-25-12-11-24-48(49)47-23-10-9-22-46(47)44-20-7-4-8-21-44/h3-39H,1-2H3. The van der Waals surface area contributed by atoms with E-state index < -0.39 is 0 Å². The van der Waals surface area contributed by atoms with E-state index in [0.29, 0.717) is 0 Å². The van der Waals surface area contributed by atoms with Crippen LogP contribution in [0.4, 0.5) is 17.1 Å². The first kappa shape index (κ1) is 35.2. The molecule has 0 unspecified atom stereocenters. The quantitative estimate of drug-likeness (QED) is 0.150. The van der Waals surface area contributed by atoms with Crippen molar-refractivity contribution in [3.63, 3.8) is 0 Å². The fourth-order valence-electron chi connectivity index (χ4n) is 9.05. The van der Waals surface area contributed by atoms with E-state index >= 15 is 0 Å². The van der Waals surface area contributed by atoms with Crippen LogP contribution in [0.2, 0.25) is 0 Å². The van der Waals surface area contributed by atoms with E-state index in [4.69, 9.17) is 0 Å². The van der Waals surface area contributed by atoms with E-state index in [1.165, 1.54) is 83.6 Å². The molecule has 0 fully saturated rings. The van der Waals surface area contributed by atoms with Crippen molar-refractivity contribution < 1.29 is 0 Å². The second-order valence-corrected chi connectivity index (χ2v) is 15.7. The van der Waals surface area contributed by atoms with Crippen LogP contribution in [-0.4, -0.2) is 0 Å². The molecule has 0 aliphatic heterocycles. The normalized spacial score (nSPS) is 12.4. The Kier molecular flexibility index (Phi) is 8.92. The predicted molar refractivity (Wildman–Crippen MR) is 246 cm³/mol. The highest BCUT2D eigenvalue weighted by Crippen LogP contribution is 2.55. The van der Waals surface area contributed by atoms with Gasteiger partial charge in [0.05, 0.1) is 11.4 Å². The molecular weight excluding hydrogens is 699 g/mol. The fourth-order valence-corrected chi connectivity index (χ4v) is 9.05. The van der Waals surface area contributed by atoms with Crippen molar-refractivity contribution in [2.45, 2.75) is 19.3 Å². The number of para-hydroxylation sites is 1. The SMILES string of the molecule is CC1(C)c2ccccc2-c2c(N(c3ccc(-c4ccc(-c5ccccc5)cc4)cc3)c3ccccc3-c3ccccc3-c3ccccc3-c3ccccc3)cccc21. The second kappa shape index (κ2) is 14.7. The third-order valence-electron chi connectivity index (χ3n) is 11.9. The van der Waals surface area contributed by atoms with E-state index in [1.54, 1.807) is 0 Å². The van der Waals surface area contributed by atoms with Crippen LogP contribution < -0.4 is 4.90 Å². The summed E-state index contributed by atoms with van der Waals surface area (Å²) in [5.74, 6) is 0. The third kappa shape index (κ3) is 6.13. The topological polar surface area (TPSA) is 3.24 Å². The Hall–Kier alpha value is -7.22. The molecule has 58 heavy (non-hydrogen) atoms. The van der Waals surface area contributed by atoms with Crippen LogP contribution in [0, 0.1) is 0 Å². The molecule has 1 aliphatic rings. The number of nitrogens with zero attached hydrogens (tertiary/aromatic N) is 1. The minimum absolute atomic E-state index is 0.128. The van der Waals surface area contributed by atoms with Crippen molar-refractivity contribution in [2.24, 2.45) is 0 Å². The van der Waals surface area contributed by atoms with Gasteiger partial charge in [-0.05, 0) is 91.0 Å². The van der Waals surface area contributed by atoms with Gasteiger partial charge in [-0.1, -0.05) is 214 Å². The molecule has 9 aromatic carbocycles. The zero-order chi connectivity index (χ0) is 39.1. The predicted octanol–water partition coefficient (Wildman–Crippen LogP) is 15.8. The molecule has 276 valence electrons. The Morgan fingerprint density at radius 3 is 1.29 bits per heavy atom. The molecular formula is C57H43N. The van der Waals surface area contributed by atoms with Crippen LogP contribution >= 0.6 is 0 Å². The summed E-state index contributed by atoms with van der Waals surface area (Å²) >= 11 is 0. The number of rotatable bonds is 8. The van der Waals surface area contributed by atoms with Gasteiger partial charge in [-0.2, -0.15) is 0 Å². The summed E-state index contributed by atoms with van der Waals surface area (Å²) in [5, 5.41) is 0. The average Bonchev–Trinajstić information content (AvgIpc) is 3.54. The lowest BCUT2D eigenvalue weighted by atomic mass is 9.82. The zero-order valence-corrected chi connectivity index (χ0v) is 32.8. The number of anilines is 3. The van der Waals surface area contributed by atoms with Crippen LogP contribution in [0.15, 0.2) is 224 Å².